The van der Waals surface area contributed by atoms with Crippen LogP contribution in [0.15, 0.2) is 24.5 Å². The van der Waals surface area contributed by atoms with Gasteiger partial charge in [0.15, 0.2) is 0 Å². The highest BCUT2D eigenvalue weighted by Gasteiger charge is 2.49. The van der Waals surface area contributed by atoms with Crippen molar-refractivity contribution in [3.63, 3.8) is 0 Å². The number of hydrogen-bond donors (Lipinski definition) is 1. The standard InChI is InChI=1S/C17H26N4O2/c1-20(2)16(23)17(9-4-12-21(17)15(22)13-18)8-3-5-14-6-10-19-11-7-14/h6-7,10-11H,3-5,8-9,12-13,18H2,1-2H3. The quantitative estimate of drug-likeness (QED) is 0.842. The van der Waals surface area contributed by atoms with E-state index in [2.05, 4.69) is 4.98 Å². The van der Waals surface area contributed by atoms with Crippen molar-refractivity contribution in [3.05, 3.63) is 30.1 Å². The van der Waals surface area contributed by atoms with E-state index in [0.717, 1.165) is 19.3 Å². The van der Waals surface area contributed by atoms with E-state index < -0.39 is 5.54 Å². The van der Waals surface area contributed by atoms with Gasteiger partial charge in [-0.3, -0.25) is 14.6 Å². The van der Waals surface area contributed by atoms with E-state index in [0.29, 0.717) is 19.4 Å². The predicted octanol–water partition coefficient (Wildman–Crippen LogP) is 0.812. The molecule has 0 spiro atoms. The molecule has 1 aromatic rings. The van der Waals surface area contributed by atoms with Gasteiger partial charge in [-0.2, -0.15) is 0 Å². The van der Waals surface area contributed by atoms with Crippen LogP contribution < -0.4 is 5.73 Å². The molecule has 23 heavy (non-hydrogen) atoms. The van der Waals surface area contributed by atoms with Crippen LogP contribution >= 0.6 is 0 Å². The van der Waals surface area contributed by atoms with Crippen LogP contribution in [-0.2, 0) is 16.0 Å². The molecule has 1 aliphatic rings. The Morgan fingerprint density at radius 1 is 1.35 bits per heavy atom. The smallest absolute Gasteiger partial charge is 0.248 e. The summed E-state index contributed by atoms with van der Waals surface area (Å²) in [5, 5.41) is 0. The summed E-state index contributed by atoms with van der Waals surface area (Å²) >= 11 is 0. The summed E-state index contributed by atoms with van der Waals surface area (Å²) < 4.78 is 0. The second-order valence-electron chi connectivity index (χ2n) is 6.29. The van der Waals surface area contributed by atoms with Crippen molar-refractivity contribution in [3.8, 4) is 0 Å². The van der Waals surface area contributed by atoms with Crippen molar-refractivity contribution in [1.82, 2.24) is 14.8 Å². The van der Waals surface area contributed by atoms with Gasteiger partial charge in [0.05, 0.1) is 6.54 Å². The lowest BCUT2D eigenvalue weighted by atomic mass is 9.87. The third kappa shape index (κ3) is 3.69. The van der Waals surface area contributed by atoms with Crippen LogP contribution in [0.25, 0.3) is 0 Å². The first-order valence-electron chi connectivity index (χ1n) is 8.12. The van der Waals surface area contributed by atoms with Crippen molar-refractivity contribution in [2.75, 3.05) is 27.2 Å². The predicted molar refractivity (Wildman–Crippen MR) is 88.6 cm³/mol. The van der Waals surface area contributed by atoms with E-state index >= 15 is 0 Å². The topological polar surface area (TPSA) is 79.5 Å². The van der Waals surface area contributed by atoms with Crippen LogP contribution in [-0.4, -0.2) is 59.3 Å². The minimum atomic E-state index is -0.729. The van der Waals surface area contributed by atoms with Crippen molar-refractivity contribution >= 4 is 11.8 Å². The molecule has 0 aromatic carbocycles. The maximum absolute atomic E-state index is 12.8. The van der Waals surface area contributed by atoms with Crippen LogP contribution in [0.4, 0.5) is 0 Å². The fourth-order valence-corrected chi connectivity index (χ4v) is 3.49. The summed E-state index contributed by atoms with van der Waals surface area (Å²) in [6, 6.07) is 3.97. The van der Waals surface area contributed by atoms with Crippen LogP contribution in [0.3, 0.4) is 0 Å². The number of likely N-dealkylation sites (tertiary alicyclic amines) is 1. The molecule has 2 heterocycles. The molecule has 2 N–H and O–H groups in total. The van der Waals surface area contributed by atoms with Crippen molar-refractivity contribution in [1.29, 1.82) is 0 Å². The van der Waals surface area contributed by atoms with Crippen LogP contribution in [0.5, 0.6) is 0 Å². The van der Waals surface area contributed by atoms with Crippen LogP contribution in [0.1, 0.15) is 31.2 Å². The molecule has 6 nitrogen and oxygen atoms in total. The molecule has 126 valence electrons. The Morgan fingerprint density at radius 2 is 2.04 bits per heavy atom. The molecule has 0 aliphatic carbocycles. The van der Waals surface area contributed by atoms with Gasteiger partial charge in [-0.25, -0.2) is 0 Å². The number of pyridine rings is 1. The number of carbonyl (C=O) groups excluding carboxylic acids is 2. The van der Waals surface area contributed by atoms with Crippen molar-refractivity contribution in [2.45, 2.75) is 37.6 Å². The monoisotopic (exact) mass is 318 g/mol. The summed E-state index contributed by atoms with van der Waals surface area (Å²) in [5.74, 6) is -0.131. The zero-order valence-corrected chi connectivity index (χ0v) is 14.0. The van der Waals surface area contributed by atoms with E-state index in [1.807, 2.05) is 12.1 Å². The summed E-state index contributed by atoms with van der Waals surface area (Å²) in [6.07, 6.45) is 7.49. The van der Waals surface area contributed by atoms with Gasteiger partial charge in [0.1, 0.15) is 5.54 Å². The Kier molecular flexibility index (Phi) is 5.71. The third-order valence-electron chi connectivity index (χ3n) is 4.57. The van der Waals surface area contributed by atoms with Crippen molar-refractivity contribution in [2.24, 2.45) is 5.73 Å². The highest BCUT2D eigenvalue weighted by atomic mass is 16.2. The Hall–Kier alpha value is -1.95. The highest BCUT2D eigenvalue weighted by Crippen LogP contribution is 2.35. The molecular weight excluding hydrogens is 292 g/mol. The van der Waals surface area contributed by atoms with Gasteiger partial charge in [-0.05, 0) is 49.8 Å². The SMILES string of the molecule is CN(C)C(=O)C1(CCCc2ccncc2)CCCN1C(=O)CN. The number of nitrogens with zero attached hydrogens (tertiary/aromatic N) is 3. The molecule has 2 amide bonds. The molecule has 0 saturated carbocycles. The lowest BCUT2D eigenvalue weighted by Gasteiger charge is -2.39. The molecule has 1 atom stereocenters. The lowest BCUT2D eigenvalue weighted by molar-refractivity contribution is -0.149. The van der Waals surface area contributed by atoms with Crippen LogP contribution in [0, 0.1) is 0 Å². The Bertz CT molecular complexity index is 547. The number of aromatic nitrogens is 1. The molecule has 0 radical (unpaired) electrons. The zero-order valence-electron chi connectivity index (χ0n) is 14.0. The lowest BCUT2D eigenvalue weighted by Crippen LogP contribution is -2.58. The van der Waals surface area contributed by atoms with Gasteiger partial charge in [-0.1, -0.05) is 0 Å². The molecule has 1 unspecified atom stereocenters. The van der Waals surface area contributed by atoms with Gasteiger partial charge in [0, 0.05) is 33.0 Å². The Morgan fingerprint density at radius 3 is 2.65 bits per heavy atom. The normalized spacial score (nSPS) is 20.6. The zero-order chi connectivity index (χ0) is 16.9. The van der Waals surface area contributed by atoms with Gasteiger partial charge >= 0.3 is 0 Å². The molecule has 0 bridgehead atoms. The second kappa shape index (κ2) is 7.55. The first-order valence-corrected chi connectivity index (χ1v) is 8.12. The average molecular weight is 318 g/mol. The first-order chi connectivity index (χ1) is 11.0. The minimum Gasteiger partial charge on any atom is -0.347 e. The summed E-state index contributed by atoms with van der Waals surface area (Å²) in [5.41, 5.74) is 6.01. The molecule has 1 aromatic heterocycles. The van der Waals surface area contributed by atoms with E-state index in [1.54, 1.807) is 36.3 Å². The van der Waals surface area contributed by atoms with Crippen LogP contribution in [0.2, 0.25) is 0 Å². The number of amides is 2. The fraction of sp³-hybridized carbons (Fsp3) is 0.588. The maximum Gasteiger partial charge on any atom is 0.248 e. The van der Waals surface area contributed by atoms with Crippen molar-refractivity contribution < 1.29 is 9.59 Å². The Labute approximate surface area is 137 Å². The molecule has 1 aliphatic heterocycles. The number of aryl methyl sites for hydroxylation is 1. The summed E-state index contributed by atoms with van der Waals surface area (Å²) in [6.45, 7) is 0.567. The number of likely N-dealkylation sites (N-methyl/N-ethyl adjacent to an activating group) is 1. The average Bonchev–Trinajstić information content (AvgIpc) is 2.99. The van der Waals surface area contributed by atoms with E-state index in [1.165, 1.54) is 5.56 Å². The highest BCUT2D eigenvalue weighted by molar-refractivity contribution is 5.92. The number of carbonyl (C=O) groups is 2. The third-order valence-corrected chi connectivity index (χ3v) is 4.57. The summed E-state index contributed by atoms with van der Waals surface area (Å²) in [7, 11) is 3.49. The fourth-order valence-electron chi connectivity index (χ4n) is 3.49. The molecule has 1 saturated heterocycles. The van der Waals surface area contributed by atoms with E-state index in [9.17, 15) is 9.59 Å². The largest absolute Gasteiger partial charge is 0.347 e. The molecule has 6 heteroatoms. The maximum atomic E-state index is 12.8. The van der Waals surface area contributed by atoms with Gasteiger partial charge in [0.2, 0.25) is 11.8 Å². The molecule has 1 fully saturated rings. The van der Waals surface area contributed by atoms with Gasteiger partial charge in [-0.15, -0.1) is 0 Å². The number of hydrogen-bond acceptors (Lipinski definition) is 4. The van der Waals surface area contributed by atoms with E-state index in [-0.39, 0.29) is 18.4 Å². The van der Waals surface area contributed by atoms with Gasteiger partial charge in [0.25, 0.3) is 0 Å². The molecular formula is C17H26N4O2. The minimum absolute atomic E-state index is 0.00604. The van der Waals surface area contributed by atoms with E-state index in [4.69, 9.17) is 5.73 Å². The number of nitrogens with two attached hydrogens (primary N) is 1. The summed E-state index contributed by atoms with van der Waals surface area (Å²) in [4.78, 5) is 32.4. The molecule has 2 rings (SSSR count). The Balaban J connectivity index is 2.14. The second-order valence-corrected chi connectivity index (χ2v) is 6.29. The first kappa shape index (κ1) is 17.4. The van der Waals surface area contributed by atoms with Gasteiger partial charge < -0.3 is 15.5 Å². The number of rotatable bonds is 6.